The number of nitrogens with one attached hydrogen (secondary N) is 1. The van der Waals surface area contributed by atoms with Crippen LogP contribution in [0.1, 0.15) is 33.4 Å². The monoisotopic (exact) mass is 339 g/mol. The van der Waals surface area contributed by atoms with E-state index in [0.717, 1.165) is 32.6 Å². The molecule has 0 unspecified atom stereocenters. The molecule has 6 heteroatoms. The summed E-state index contributed by atoms with van der Waals surface area (Å²) in [5.74, 6) is -0.638. The van der Waals surface area contributed by atoms with Crippen molar-refractivity contribution < 1.29 is 14.4 Å². The molecule has 0 saturated heterocycles. The molecule has 1 aromatic carbocycles. The molecule has 0 aliphatic heterocycles. The van der Waals surface area contributed by atoms with Crippen molar-refractivity contribution in [3.05, 3.63) is 36.0 Å². The van der Waals surface area contributed by atoms with Gasteiger partial charge in [0.05, 0.1) is 10.9 Å². The highest BCUT2D eigenvalue weighted by Gasteiger charge is 2.29. The van der Waals surface area contributed by atoms with Gasteiger partial charge in [-0.25, -0.2) is 9.78 Å². The van der Waals surface area contributed by atoms with E-state index in [4.69, 9.17) is 4.84 Å². The van der Waals surface area contributed by atoms with E-state index < -0.39 is 17.3 Å². The molecule has 0 spiro atoms. The highest BCUT2D eigenvalue weighted by Crippen LogP contribution is 2.30. The molecule has 2 aromatic heterocycles. The van der Waals surface area contributed by atoms with Crippen LogP contribution in [0, 0.1) is 12.3 Å². The number of hydrogen-bond donors (Lipinski definition) is 1. The normalized spacial score (nSPS) is 11.7. The zero-order valence-electron chi connectivity index (χ0n) is 15.0. The molecule has 3 aromatic rings. The topological polar surface area (TPSA) is 75.3 Å². The quantitative estimate of drug-likeness (QED) is 0.683. The highest BCUT2D eigenvalue weighted by atomic mass is 16.7. The van der Waals surface area contributed by atoms with Crippen LogP contribution in [0.4, 0.5) is 5.82 Å². The smallest absolute Gasteiger partial charge is 0.338 e. The summed E-state index contributed by atoms with van der Waals surface area (Å²) in [7, 11) is 0. The number of aromatic nitrogens is 2. The number of para-hydroxylation sites is 1. The summed E-state index contributed by atoms with van der Waals surface area (Å²) in [5, 5.41) is 3.01. The first-order valence-corrected chi connectivity index (χ1v) is 8.09. The number of H-pyrrole nitrogens is 1. The lowest BCUT2D eigenvalue weighted by Gasteiger charge is -2.23. The molecule has 0 saturated carbocycles. The van der Waals surface area contributed by atoms with Crippen molar-refractivity contribution in [1.82, 2.24) is 9.97 Å². The van der Waals surface area contributed by atoms with Gasteiger partial charge in [0.25, 0.3) is 5.91 Å². The van der Waals surface area contributed by atoms with E-state index in [1.54, 1.807) is 26.8 Å². The summed E-state index contributed by atoms with van der Waals surface area (Å²) >= 11 is 0. The lowest BCUT2D eigenvalue weighted by molar-refractivity contribution is -0.158. The zero-order valence-corrected chi connectivity index (χ0v) is 15.0. The van der Waals surface area contributed by atoms with Crippen LogP contribution in [0.5, 0.6) is 0 Å². The summed E-state index contributed by atoms with van der Waals surface area (Å²) in [6.07, 6.45) is 0. The van der Waals surface area contributed by atoms with Crippen LogP contribution in [0.2, 0.25) is 0 Å². The lowest BCUT2D eigenvalue weighted by atomic mass is 9.98. The first-order valence-electron chi connectivity index (χ1n) is 8.09. The SMILES string of the molecule is CC(=O)N(OC(=O)C(C)(C)C)c1cc2[nH]c3ccccc3c2c(C)n1. The molecule has 3 rings (SSSR count). The van der Waals surface area contributed by atoms with E-state index in [1.807, 2.05) is 31.2 Å². The second kappa shape index (κ2) is 5.88. The molecule has 1 amide bonds. The Kier molecular flexibility index (Phi) is 3.99. The molecule has 0 aliphatic rings. The number of carbonyl (C=O) groups is 2. The van der Waals surface area contributed by atoms with Gasteiger partial charge in [0.1, 0.15) is 0 Å². The summed E-state index contributed by atoms with van der Waals surface area (Å²) in [6, 6.07) is 9.64. The van der Waals surface area contributed by atoms with E-state index in [1.165, 1.54) is 6.92 Å². The van der Waals surface area contributed by atoms with Crippen LogP contribution >= 0.6 is 0 Å². The van der Waals surface area contributed by atoms with Crippen molar-refractivity contribution in [2.24, 2.45) is 5.41 Å². The van der Waals surface area contributed by atoms with Gasteiger partial charge >= 0.3 is 5.97 Å². The molecular weight excluding hydrogens is 318 g/mol. The number of aryl methyl sites for hydroxylation is 1. The van der Waals surface area contributed by atoms with E-state index in [0.29, 0.717) is 0 Å². The lowest BCUT2D eigenvalue weighted by Crippen LogP contribution is -2.37. The number of benzene rings is 1. The second-order valence-corrected chi connectivity index (χ2v) is 7.10. The van der Waals surface area contributed by atoms with Gasteiger partial charge in [0.2, 0.25) is 0 Å². The van der Waals surface area contributed by atoms with Crippen LogP contribution in [0.3, 0.4) is 0 Å². The summed E-state index contributed by atoms with van der Waals surface area (Å²) in [4.78, 5) is 37.3. The van der Waals surface area contributed by atoms with Gasteiger partial charge in [-0.3, -0.25) is 4.79 Å². The Morgan fingerprint density at radius 1 is 1.16 bits per heavy atom. The van der Waals surface area contributed by atoms with Gasteiger partial charge in [-0.2, -0.15) is 0 Å². The molecule has 0 radical (unpaired) electrons. The number of hydrogen-bond acceptors (Lipinski definition) is 4. The molecular formula is C19H21N3O3. The maximum atomic E-state index is 12.2. The second-order valence-electron chi connectivity index (χ2n) is 7.10. The Morgan fingerprint density at radius 3 is 2.48 bits per heavy atom. The average molecular weight is 339 g/mol. The predicted molar refractivity (Wildman–Crippen MR) is 97.0 cm³/mol. The number of pyridine rings is 1. The van der Waals surface area contributed by atoms with E-state index in [9.17, 15) is 9.59 Å². The van der Waals surface area contributed by atoms with Gasteiger partial charge in [0, 0.05) is 35.0 Å². The molecule has 0 fully saturated rings. The average Bonchev–Trinajstić information content (AvgIpc) is 2.89. The third-order valence-corrected chi connectivity index (χ3v) is 3.93. The zero-order chi connectivity index (χ0) is 18.4. The summed E-state index contributed by atoms with van der Waals surface area (Å²) < 4.78 is 0. The predicted octanol–water partition coefficient (Wildman–Crippen LogP) is 3.88. The van der Waals surface area contributed by atoms with Crippen LogP contribution in [0.15, 0.2) is 30.3 Å². The molecule has 0 bridgehead atoms. The van der Waals surface area contributed by atoms with Crippen LogP contribution in [0.25, 0.3) is 21.8 Å². The third-order valence-electron chi connectivity index (χ3n) is 3.93. The Balaban J connectivity index is 2.11. The molecule has 25 heavy (non-hydrogen) atoms. The first-order chi connectivity index (χ1) is 11.7. The number of nitrogens with zero attached hydrogens (tertiary/aromatic N) is 2. The van der Waals surface area contributed by atoms with E-state index in [-0.39, 0.29) is 5.82 Å². The number of carbonyl (C=O) groups excluding carboxylic acids is 2. The number of anilines is 1. The molecule has 0 aliphatic carbocycles. The highest BCUT2D eigenvalue weighted by molar-refractivity contribution is 6.09. The Labute approximate surface area is 145 Å². The van der Waals surface area contributed by atoms with Gasteiger partial charge in [-0.15, -0.1) is 5.06 Å². The molecule has 0 atom stereocenters. The number of aromatic amines is 1. The van der Waals surface area contributed by atoms with Gasteiger partial charge in [-0.1, -0.05) is 18.2 Å². The minimum Gasteiger partial charge on any atom is -0.354 e. The number of rotatable bonds is 1. The Hall–Kier alpha value is -2.89. The van der Waals surface area contributed by atoms with Gasteiger partial charge in [-0.05, 0) is 33.8 Å². The molecule has 130 valence electrons. The first kappa shape index (κ1) is 17.0. The van der Waals surface area contributed by atoms with Crippen molar-refractivity contribution in [3.63, 3.8) is 0 Å². The maximum absolute atomic E-state index is 12.2. The molecule has 1 N–H and O–H groups in total. The largest absolute Gasteiger partial charge is 0.354 e. The minimum atomic E-state index is -0.728. The maximum Gasteiger partial charge on any atom is 0.338 e. The standard InChI is InChI=1S/C19H21N3O3/c1-11-17-13-8-6-7-9-14(13)21-15(17)10-16(20-11)22(12(2)23)25-18(24)19(3,4)5/h6-10,21H,1-5H3. The van der Waals surface area contributed by atoms with Gasteiger partial charge in [0.15, 0.2) is 5.82 Å². The van der Waals surface area contributed by atoms with Crippen LogP contribution in [-0.2, 0) is 14.4 Å². The fourth-order valence-corrected chi connectivity index (χ4v) is 2.65. The Morgan fingerprint density at radius 2 is 1.84 bits per heavy atom. The fourth-order valence-electron chi connectivity index (χ4n) is 2.65. The molecule has 6 nitrogen and oxygen atoms in total. The summed E-state index contributed by atoms with van der Waals surface area (Å²) in [6.45, 7) is 8.39. The third kappa shape index (κ3) is 3.07. The van der Waals surface area contributed by atoms with Crippen molar-refractivity contribution >= 4 is 39.5 Å². The molecule has 2 heterocycles. The summed E-state index contributed by atoms with van der Waals surface area (Å²) in [5.41, 5.74) is 1.85. The minimum absolute atomic E-state index is 0.279. The number of hydroxylamine groups is 1. The Bertz CT molecular complexity index is 983. The van der Waals surface area contributed by atoms with E-state index >= 15 is 0 Å². The van der Waals surface area contributed by atoms with E-state index in [2.05, 4.69) is 9.97 Å². The van der Waals surface area contributed by atoms with Crippen molar-refractivity contribution in [1.29, 1.82) is 0 Å². The van der Waals surface area contributed by atoms with Crippen LogP contribution in [-0.4, -0.2) is 21.8 Å². The number of fused-ring (bicyclic) bond motifs is 3. The van der Waals surface area contributed by atoms with Crippen molar-refractivity contribution in [2.45, 2.75) is 34.6 Å². The van der Waals surface area contributed by atoms with Crippen LogP contribution < -0.4 is 5.06 Å². The number of amides is 1. The van der Waals surface area contributed by atoms with Crippen molar-refractivity contribution in [2.75, 3.05) is 5.06 Å². The van der Waals surface area contributed by atoms with Gasteiger partial charge < -0.3 is 9.82 Å². The fraction of sp³-hybridized carbons (Fsp3) is 0.316. The van der Waals surface area contributed by atoms with Crippen molar-refractivity contribution in [3.8, 4) is 0 Å².